The number of thiophene rings is 1. The molecule has 1 aromatic heterocycles. The van der Waals surface area contributed by atoms with Gasteiger partial charge in [0, 0.05) is 22.7 Å². The molecule has 7 nitrogen and oxygen atoms in total. The molecular weight excluding hydrogens is 466 g/mol. The molecule has 1 fully saturated rings. The molecule has 2 aromatic carbocycles. The number of ether oxygens (including phenoxy) is 3. The van der Waals surface area contributed by atoms with Crippen molar-refractivity contribution in [3.8, 4) is 17.2 Å². The minimum Gasteiger partial charge on any atom is -0.507 e. The second-order valence-electron chi connectivity index (χ2n) is 7.86. The van der Waals surface area contributed by atoms with Crippen LogP contribution in [-0.4, -0.2) is 37.1 Å². The summed E-state index contributed by atoms with van der Waals surface area (Å²) in [5, 5.41) is 13.4. The van der Waals surface area contributed by atoms with Gasteiger partial charge >= 0.3 is 0 Å². The van der Waals surface area contributed by atoms with Crippen LogP contribution in [0.1, 0.15) is 35.9 Å². The minimum atomic E-state index is -0.803. The van der Waals surface area contributed by atoms with E-state index in [2.05, 4.69) is 0 Å². The zero-order chi connectivity index (χ0) is 25.1. The third-order valence-corrected chi connectivity index (χ3v) is 6.82. The number of Topliss-reactive ketones (excluding diaryl/α,β-unsaturated/α-hetero) is 1. The number of hydrogen-bond donors (Lipinski definition) is 1. The predicted molar refractivity (Wildman–Crippen MR) is 136 cm³/mol. The number of carbonyl (C=O) groups excluding carboxylic acids is 2. The van der Waals surface area contributed by atoms with Crippen molar-refractivity contribution in [1.29, 1.82) is 0 Å². The van der Waals surface area contributed by atoms with Crippen molar-refractivity contribution < 1.29 is 28.9 Å². The van der Waals surface area contributed by atoms with Crippen LogP contribution in [0.2, 0.25) is 0 Å². The van der Waals surface area contributed by atoms with Crippen LogP contribution in [0, 0.1) is 6.92 Å². The van der Waals surface area contributed by atoms with Crippen LogP contribution in [0.3, 0.4) is 0 Å². The normalized spacial score (nSPS) is 17.0. The monoisotopic (exact) mass is 493 g/mol. The fourth-order valence-corrected chi connectivity index (χ4v) is 5.17. The van der Waals surface area contributed by atoms with E-state index in [-0.39, 0.29) is 11.3 Å². The maximum Gasteiger partial charge on any atom is 0.300 e. The van der Waals surface area contributed by atoms with Crippen LogP contribution >= 0.6 is 11.3 Å². The molecule has 4 rings (SSSR count). The number of nitrogens with zero attached hydrogens (tertiary/aromatic N) is 1. The van der Waals surface area contributed by atoms with Crippen LogP contribution in [0.25, 0.3) is 5.76 Å². The lowest BCUT2D eigenvalue weighted by Gasteiger charge is -2.25. The van der Waals surface area contributed by atoms with E-state index in [0.29, 0.717) is 41.7 Å². The number of benzene rings is 2. The molecule has 0 spiro atoms. The average Bonchev–Trinajstić information content (AvgIpc) is 3.39. The molecule has 1 amide bonds. The number of aliphatic hydroxyl groups is 1. The molecule has 3 aromatic rings. The van der Waals surface area contributed by atoms with E-state index >= 15 is 0 Å². The van der Waals surface area contributed by atoms with Crippen LogP contribution in [-0.2, 0) is 9.59 Å². The first-order valence-corrected chi connectivity index (χ1v) is 12.2. The van der Waals surface area contributed by atoms with Gasteiger partial charge in [-0.1, -0.05) is 6.07 Å². The van der Waals surface area contributed by atoms with Crippen LogP contribution in [0.4, 0.5) is 5.69 Å². The average molecular weight is 494 g/mol. The van der Waals surface area contributed by atoms with Crippen LogP contribution in [0.15, 0.2) is 59.5 Å². The molecule has 0 saturated carbocycles. The van der Waals surface area contributed by atoms with Gasteiger partial charge in [-0.3, -0.25) is 14.5 Å². The highest BCUT2D eigenvalue weighted by Gasteiger charge is 2.48. The number of aryl methyl sites for hydroxylation is 1. The second kappa shape index (κ2) is 10.2. The van der Waals surface area contributed by atoms with Crippen molar-refractivity contribution in [2.24, 2.45) is 0 Å². The second-order valence-corrected chi connectivity index (χ2v) is 8.81. The minimum absolute atomic E-state index is 0.00785. The van der Waals surface area contributed by atoms with Crippen molar-refractivity contribution in [1.82, 2.24) is 0 Å². The molecule has 1 aliphatic heterocycles. The van der Waals surface area contributed by atoms with E-state index in [9.17, 15) is 14.7 Å². The largest absolute Gasteiger partial charge is 0.507 e. The van der Waals surface area contributed by atoms with Crippen molar-refractivity contribution >= 4 is 34.5 Å². The Balaban J connectivity index is 1.94. The summed E-state index contributed by atoms with van der Waals surface area (Å²) >= 11 is 1.43. The molecule has 1 aliphatic rings. The SMILES string of the molecule is CCOc1ccc(/C(O)=C2\C(=O)C(=O)N(c3cccc(OC)c3)C2c2sccc2C)c(OCC)c1. The molecule has 1 N–H and O–H groups in total. The number of anilines is 1. The van der Waals surface area contributed by atoms with Gasteiger partial charge in [-0.05, 0) is 62.0 Å². The van der Waals surface area contributed by atoms with Gasteiger partial charge in [-0.25, -0.2) is 0 Å². The first kappa shape index (κ1) is 24.3. The molecule has 35 heavy (non-hydrogen) atoms. The topological polar surface area (TPSA) is 85.3 Å². The molecule has 1 saturated heterocycles. The Bertz CT molecular complexity index is 1290. The molecule has 182 valence electrons. The number of methoxy groups -OCH3 is 1. The Morgan fingerprint density at radius 2 is 1.80 bits per heavy atom. The summed E-state index contributed by atoms with van der Waals surface area (Å²) in [4.78, 5) is 29.0. The fourth-order valence-electron chi connectivity index (χ4n) is 4.15. The van der Waals surface area contributed by atoms with Crippen LogP contribution < -0.4 is 19.1 Å². The lowest BCUT2D eigenvalue weighted by molar-refractivity contribution is -0.132. The lowest BCUT2D eigenvalue weighted by Crippen LogP contribution is -2.29. The maximum absolute atomic E-state index is 13.4. The van der Waals surface area contributed by atoms with Crippen LogP contribution in [0.5, 0.6) is 17.2 Å². The maximum atomic E-state index is 13.4. The van der Waals surface area contributed by atoms with Gasteiger partial charge in [-0.2, -0.15) is 0 Å². The molecule has 2 heterocycles. The first-order chi connectivity index (χ1) is 16.9. The number of hydrogen-bond acceptors (Lipinski definition) is 7. The quantitative estimate of drug-likeness (QED) is 0.254. The van der Waals surface area contributed by atoms with Gasteiger partial charge in [-0.15, -0.1) is 11.3 Å². The van der Waals surface area contributed by atoms with Gasteiger partial charge in [0.25, 0.3) is 11.7 Å². The molecule has 1 unspecified atom stereocenters. The van der Waals surface area contributed by atoms with E-state index in [0.717, 1.165) is 10.4 Å². The standard InChI is InChI=1S/C27H27NO6S/c1-5-33-19-10-11-20(21(15-19)34-6-2)24(29)22-23(26-16(3)12-13-35-26)28(27(31)25(22)30)17-8-7-9-18(14-17)32-4/h7-15,23,29H,5-6H2,1-4H3/b24-22+. The summed E-state index contributed by atoms with van der Waals surface area (Å²) in [5.74, 6) is -0.282. The van der Waals surface area contributed by atoms with E-state index in [1.54, 1.807) is 42.5 Å². The molecule has 0 radical (unpaired) electrons. The predicted octanol–water partition coefficient (Wildman–Crippen LogP) is 5.49. The van der Waals surface area contributed by atoms with Gasteiger partial charge in [0.05, 0.1) is 31.5 Å². The first-order valence-electron chi connectivity index (χ1n) is 11.3. The summed E-state index contributed by atoms with van der Waals surface area (Å²) < 4.78 is 16.7. The van der Waals surface area contributed by atoms with Gasteiger partial charge < -0.3 is 19.3 Å². The summed E-state index contributed by atoms with van der Waals surface area (Å²) in [6, 6.07) is 13.1. The lowest BCUT2D eigenvalue weighted by atomic mass is 9.97. The summed E-state index contributed by atoms with van der Waals surface area (Å²) in [5.41, 5.74) is 1.74. The van der Waals surface area contributed by atoms with Crippen molar-refractivity contribution in [3.63, 3.8) is 0 Å². The number of aliphatic hydroxyl groups excluding tert-OH is 1. The Kier molecular flexibility index (Phi) is 7.12. The fraction of sp³-hybridized carbons (Fsp3) is 0.259. The third kappa shape index (κ3) is 4.49. The van der Waals surface area contributed by atoms with E-state index in [1.165, 1.54) is 23.3 Å². The zero-order valence-corrected chi connectivity index (χ0v) is 20.8. The van der Waals surface area contributed by atoms with E-state index < -0.39 is 17.7 Å². The Morgan fingerprint density at radius 1 is 1.03 bits per heavy atom. The van der Waals surface area contributed by atoms with Crippen molar-refractivity contribution in [3.05, 3.63) is 75.5 Å². The molecule has 0 aliphatic carbocycles. The Hall–Kier alpha value is -3.78. The summed E-state index contributed by atoms with van der Waals surface area (Å²) in [6.07, 6.45) is 0. The van der Waals surface area contributed by atoms with E-state index in [1.807, 2.05) is 32.2 Å². The van der Waals surface area contributed by atoms with Gasteiger partial charge in [0.2, 0.25) is 0 Å². The molecular formula is C27H27NO6S. The van der Waals surface area contributed by atoms with Crippen molar-refractivity contribution in [2.75, 3.05) is 25.2 Å². The number of rotatable bonds is 8. The summed E-state index contributed by atoms with van der Waals surface area (Å²) in [6.45, 7) is 6.44. The van der Waals surface area contributed by atoms with E-state index in [4.69, 9.17) is 14.2 Å². The molecule has 0 bridgehead atoms. The third-order valence-electron chi connectivity index (χ3n) is 5.75. The number of carbonyl (C=O) groups is 2. The highest BCUT2D eigenvalue weighted by atomic mass is 32.1. The highest BCUT2D eigenvalue weighted by molar-refractivity contribution is 7.10. The smallest absolute Gasteiger partial charge is 0.300 e. The zero-order valence-electron chi connectivity index (χ0n) is 20.0. The Labute approximate surface area is 208 Å². The van der Waals surface area contributed by atoms with Gasteiger partial charge in [0.15, 0.2) is 0 Å². The number of ketones is 1. The highest BCUT2D eigenvalue weighted by Crippen LogP contribution is 2.46. The molecule has 8 heteroatoms. The van der Waals surface area contributed by atoms with Crippen molar-refractivity contribution in [2.45, 2.75) is 26.8 Å². The Morgan fingerprint density at radius 3 is 2.46 bits per heavy atom. The number of amides is 1. The van der Waals surface area contributed by atoms with Gasteiger partial charge in [0.1, 0.15) is 29.0 Å². The summed E-state index contributed by atoms with van der Waals surface area (Å²) in [7, 11) is 1.54. The molecule has 1 atom stereocenters.